The lowest BCUT2D eigenvalue weighted by Gasteiger charge is -2.21. The molecule has 1 unspecified atom stereocenters. The van der Waals surface area contributed by atoms with Gasteiger partial charge in [0.05, 0.1) is 5.56 Å². The van der Waals surface area contributed by atoms with Crippen molar-refractivity contribution < 1.29 is 22.0 Å². The van der Waals surface area contributed by atoms with Crippen LogP contribution in [-0.4, -0.2) is 10.6 Å². The van der Waals surface area contributed by atoms with E-state index in [4.69, 9.17) is 5.73 Å². The number of nitrogens with one attached hydrogen (secondary N) is 1. The molecule has 0 radical (unpaired) electrons. The number of pyridine rings is 1. The Morgan fingerprint density at radius 3 is 2.41 bits per heavy atom. The third-order valence-corrected chi connectivity index (χ3v) is 4.01. The van der Waals surface area contributed by atoms with Gasteiger partial charge in [0, 0.05) is 30.1 Å². The standard InChI is InChI=1S/C17H14F5N5/c1-16(5-7-25-27-16)26-15-14(19)11(4-6-24-15)10-3-2-9(8-23)12(13(10)18)17(20,21)22/h2-7H,8,23H2,1H3,(H,24,26). The van der Waals surface area contributed by atoms with Crippen LogP contribution in [0.4, 0.5) is 27.8 Å². The molecule has 0 saturated heterocycles. The van der Waals surface area contributed by atoms with Crippen molar-refractivity contribution in [3.05, 3.63) is 59.4 Å². The molecule has 5 nitrogen and oxygen atoms in total. The number of azo groups is 1. The average molecular weight is 383 g/mol. The van der Waals surface area contributed by atoms with E-state index in [1.54, 1.807) is 13.0 Å². The van der Waals surface area contributed by atoms with Crippen LogP contribution in [0.15, 0.2) is 46.9 Å². The molecule has 27 heavy (non-hydrogen) atoms. The van der Waals surface area contributed by atoms with E-state index in [1.807, 2.05) is 0 Å². The number of hydrogen-bond acceptors (Lipinski definition) is 5. The Kier molecular flexibility index (Phi) is 4.68. The second-order valence-corrected chi connectivity index (χ2v) is 5.99. The van der Waals surface area contributed by atoms with Gasteiger partial charge in [0.2, 0.25) is 0 Å². The molecule has 1 aliphatic heterocycles. The van der Waals surface area contributed by atoms with Gasteiger partial charge in [-0.05, 0) is 24.6 Å². The van der Waals surface area contributed by atoms with E-state index >= 15 is 0 Å². The topological polar surface area (TPSA) is 75.7 Å². The van der Waals surface area contributed by atoms with Crippen molar-refractivity contribution in [3.8, 4) is 11.1 Å². The Labute approximate surface area is 150 Å². The number of alkyl halides is 3. The van der Waals surface area contributed by atoms with Crippen LogP contribution in [0.25, 0.3) is 11.1 Å². The van der Waals surface area contributed by atoms with Crippen molar-refractivity contribution in [3.63, 3.8) is 0 Å². The summed E-state index contributed by atoms with van der Waals surface area (Å²) in [5.41, 5.74) is 1.37. The minimum Gasteiger partial charge on any atom is -0.339 e. The molecule has 1 aromatic carbocycles. The van der Waals surface area contributed by atoms with E-state index in [0.717, 1.165) is 24.4 Å². The van der Waals surface area contributed by atoms with Crippen molar-refractivity contribution in [1.29, 1.82) is 0 Å². The molecule has 0 bridgehead atoms. The summed E-state index contributed by atoms with van der Waals surface area (Å²) in [6, 6.07) is 3.19. The maximum absolute atomic E-state index is 14.9. The number of rotatable bonds is 4. The number of nitrogens with zero attached hydrogens (tertiary/aromatic N) is 3. The van der Waals surface area contributed by atoms with Gasteiger partial charge in [-0.2, -0.15) is 23.4 Å². The summed E-state index contributed by atoms with van der Waals surface area (Å²) in [5, 5.41) is 10.2. The van der Waals surface area contributed by atoms with Crippen LogP contribution in [0.2, 0.25) is 0 Å². The van der Waals surface area contributed by atoms with Crippen molar-refractivity contribution in [2.75, 3.05) is 5.32 Å². The highest BCUT2D eigenvalue weighted by atomic mass is 19.4. The summed E-state index contributed by atoms with van der Waals surface area (Å²) in [7, 11) is 0. The fourth-order valence-electron chi connectivity index (χ4n) is 2.71. The summed E-state index contributed by atoms with van der Waals surface area (Å²) in [5.74, 6) is -2.90. The highest BCUT2D eigenvalue weighted by molar-refractivity contribution is 5.70. The molecule has 1 aromatic heterocycles. The second-order valence-electron chi connectivity index (χ2n) is 5.99. The molecule has 0 fully saturated rings. The molecule has 1 aliphatic rings. The number of anilines is 1. The minimum absolute atomic E-state index is 0.295. The number of aromatic nitrogens is 1. The first-order valence-electron chi connectivity index (χ1n) is 7.78. The van der Waals surface area contributed by atoms with E-state index in [0.29, 0.717) is 0 Å². The predicted molar refractivity (Wildman–Crippen MR) is 88.5 cm³/mol. The largest absolute Gasteiger partial charge is 0.419 e. The van der Waals surface area contributed by atoms with Gasteiger partial charge < -0.3 is 11.1 Å². The second kappa shape index (κ2) is 6.69. The third-order valence-electron chi connectivity index (χ3n) is 4.01. The first-order chi connectivity index (χ1) is 12.7. The average Bonchev–Trinajstić information content (AvgIpc) is 3.02. The fourth-order valence-corrected chi connectivity index (χ4v) is 2.71. The number of benzene rings is 1. The molecule has 1 atom stereocenters. The van der Waals surface area contributed by atoms with E-state index in [9.17, 15) is 22.0 Å². The van der Waals surface area contributed by atoms with Gasteiger partial charge in [0.25, 0.3) is 0 Å². The molecule has 0 spiro atoms. The summed E-state index contributed by atoms with van der Waals surface area (Å²) in [4.78, 5) is 3.82. The van der Waals surface area contributed by atoms with E-state index in [2.05, 4.69) is 20.5 Å². The molecule has 0 saturated carbocycles. The number of halogens is 5. The van der Waals surface area contributed by atoms with Gasteiger partial charge in [0.15, 0.2) is 17.3 Å². The minimum atomic E-state index is -4.97. The zero-order chi connectivity index (χ0) is 19.8. The van der Waals surface area contributed by atoms with E-state index in [-0.39, 0.29) is 11.4 Å². The van der Waals surface area contributed by atoms with Gasteiger partial charge >= 0.3 is 6.18 Å². The van der Waals surface area contributed by atoms with Gasteiger partial charge in [-0.25, -0.2) is 13.8 Å². The maximum Gasteiger partial charge on any atom is 0.419 e. The van der Waals surface area contributed by atoms with E-state index in [1.165, 1.54) is 6.20 Å². The van der Waals surface area contributed by atoms with Crippen LogP contribution >= 0.6 is 0 Å². The molecule has 0 amide bonds. The highest BCUT2D eigenvalue weighted by Gasteiger charge is 2.38. The smallest absolute Gasteiger partial charge is 0.339 e. The zero-order valence-electron chi connectivity index (χ0n) is 14.0. The van der Waals surface area contributed by atoms with Crippen molar-refractivity contribution in [2.45, 2.75) is 25.3 Å². The Balaban J connectivity index is 2.11. The van der Waals surface area contributed by atoms with Crippen LogP contribution in [0.1, 0.15) is 18.1 Å². The molecule has 3 rings (SSSR count). The monoisotopic (exact) mass is 383 g/mol. The van der Waals surface area contributed by atoms with Crippen LogP contribution in [0.5, 0.6) is 0 Å². The normalized spacial score (nSPS) is 18.9. The number of hydrogen-bond donors (Lipinski definition) is 2. The predicted octanol–water partition coefficient (Wildman–Crippen LogP) is 4.61. The van der Waals surface area contributed by atoms with Crippen LogP contribution in [0.3, 0.4) is 0 Å². The third kappa shape index (κ3) is 3.52. The lowest BCUT2D eigenvalue weighted by molar-refractivity contribution is -0.140. The maximum atomic E-state index is 14.9. The first-order valence-corrected chi connectivity index (χ1v) is 7.78. The molecule has 10 heteroatoms. The van der Waals surface area contributed by atoms with Crippen molar-refractivity contribution in [2.24, 2.45) is 16.0 Å². The molecule has 2 aromatic rings. The van der Waals surface area contributed by atoms with Gasteiger partial charge in [-0.15, -0.1) is 0 Å². The zero-order valence-corrected chi connectivity index (χ0v) is 14.0. The fraction of sp³-hybridized carbons (Fsp3) is 0.235. The Bertz CT molecular complexity index is 924. The summed E-state index contributed by atoms with van der Waals surface area (Å²) >= 11 is 0. The summed E-state index contributed by atoms with van der Waals surface area (Å²) in [6.45, 7) is 1.08. The Morgan fingerprint density at radius 2 is 1.81 bits per heavy atom. The highest BCUT2D eigenvalue weighted by Crippen LogP contribution is 2.39. The molecule has 142 valence electrons. The van der Waals surface area contributed by atoms with Crippen LogP contribution < -0.4 is 11.1 Å². The SMILES string of the molecule is CC1(Nc2nccc(-c3ccc(CN)c(C(F)(F)F)c3F)c2F)C=CN=N1. The Hall–Kier alpha value is -2.88. The summed E-state index contributed by atoms with van der Waals surface area (Å²) in [6.07, 6.45) is -0.875. The summed E-state index contributed by atoms with van der Waals surface area (Å²) < 4.78 is 69.3. The molecular formula is C17H14F5N5. The van der Waals surface area contributed by atoms with E-state index < -0.39 is 46.7 Å². The van der Waals surface area contributed by atoms with Crippen LogP contribution in [0, 0.1) is 11.6 Å². The lowest BCUT2D eigenvalue weighted by Crippen LogP contribution is -2.29. The quantitative estimate of drug-likeness (QED) is 0.757. The first kappa shape index (κ1) is 18.9. The molecule has 2 heterocycles. The van der Waals surface area contributed by atoms with Gasteiger partial charge in [0.1, 0.15) is 5.82 Å². The van der Waals surface area contributed by atoms with Crippen molar-refractivity contribution in [1.82, 2.24) is 4.98 Å². The number of nitrogens with two attached hydrogens (primary N) is 1. The van der Waals surface area contributed by atoms with Crippen LogP contribution in [-0.2, 0) is 12.7 Å². The van der Waals surface area contributed by atoms with Gasteiger partial charge in [-0.3, -0.25) is 0 Å². The molecule has 0 aliphatic carbocycles. The van der Waals surface area contributed by atoms with Crippen molar-refractivity contribution >= 4 is 5.82 Å². The lowest BCUT2D eigenvalue weighted by atomic mass is 9.97. The van der Waals surface area contributed by atoms with Gasteiger partial charge in [-0.1, -0.05) is 12.1 Å². The molecular weight excluding hydrogens is 369 g/mol. The Morgan fingerprint density at radius 1 is 1.11 bits per heavy atom. The molecule has 3 N–H and O–H groups in total.